The molecule has 0 N–H and O–H groups in total. The van der Waals surface area contributed by atoms with Crippen LogP contribution in [0, 0.1) is 0 Å². The molecule has 0 saturated carbocycles. The monoisotopic (exact) mass is 332 g/mol. The first-order valence-electron chi connectivity index (χ1n) is 6.79. The van der Waals surface area contributed by atoms with Gasteiger partial charge in [0.25, 0.3) is 0 Å². The standard InChI is InChI=1S/C17H21BrN2/c1-19(2)12-13-20(3)17-11-7-5-9-15(17)14-8-4-6-10-16(14)18/h4-11H,12-13H2,1-3H3. The van der Waals surface area contributed by atoms with Gasteiger partial charge in [0.15, 0.2) is 0 Å². The summed E-state index contributed by atoms with van der Waals surface area (Å²) in [6.07, 6.45) is 0. The van der Waals surface area contributed by atoms with Crippen molar-refractivity contribution in [3.8, 4) is 11.1 Å². The van der Waals surface area contributed by atoms with Gasteiger partial charge in [-0.15, -0.1) is 0 Å². The van der Waals surface area contributed by atoms with E-state index >= 15 is 0 Å². The molecule has 0 atom stereocenters. The smallest absolute Gasteiger partial charge is 0.0444 e. The fourth-order valence-electron chi connectivity index (χ4n) is 2.18. The highest BCUT2D eigenvalue weighted by Gasteiger charge is 2.10. The SMILES string of the molecule is CN(C)CCN(C)c1ccccc1-c1ccccc1Br. The normalized spacial score (nSPS) is 10.8. The Morgan fingerprint density at radius 1 is 0.800 bits per heavy atom. The Balaban J connectivity index is 2.34. The summed E-state index contributed by atoms with van der Waals surface area (Å²) in [5.74, 6) is 0. The number of likely N-dealkylation sites (N-methyl/N-ethyl adjacent to an activating group) is 2. The Morgan fingerprint density at radius 2 is 1.40 bits per heavy atom. The fraction of sp³-hybridized carbons (Fsp3) is 0.294. The molecule has 0 radical (unpaired) electrons. The molecular formula is C17H21BrN2. The summed E-state index contributed by atoms with van der Waals surface area (Å²) in [6.45, 7) is 2.05. The number of benzene rings is 2. The summed E-state index contributed by atoms with van der Waals surface area (Å²) in [4.78, 5) is 4.52. The number of hydrogen-bond donors (Lipinski definition) is 0. The zero-order chi connectivity index (χ0) is 14.5. The van der Waals surface area contributed by atoms with Gasteiger partial charge in [-0.1, -0.05) is 52.3 Å². The van der Waals surface area contributed by atoms with Gasteiger partial charge >= 0.3 is 0 Å². The summed E-state index contributed by atoms with van der Waals surface area (Å²) in [7, 11) is 6.36. The summed E-state index contributed by atoms with van der Waals surface area (Å²) in [5, 5.41) is 0. The zero-order valence-electron chi connectivity index (χ0n) is 12.3. The van der Waals surface area contributed by atoms with Crippen molar-refractivity contribution in [2.75, 3.05) is 39.1 Å². The predicted octanol–water partition coefficient (Wildman–Crippen LogP) is 4.11. The quantitative estimate of drug-likeness (QED) is 0.812. The van der Waals surface area contributed by atoms with E-state index in [1.54, 1.807) is 0 Å². The van der Waals surface area contributed by atoms with Crippen LogP contribution < -0.4 is 4.90 Å². The maximum atomic E-state index is 3.65. The van der Waals surface area contributed by atoms with Crippen LogP contribution in [0.2, 0.25) is 0 Å². The Bertz CT molecular complexity index is 566. The first-order valence-corrected chi connectivity index (χ1v) is 7.58. The van der Waals surface area contributed by atoms with Gasteiger partial charge in [0.2, 0.25) is 0 Å². The highest BCUT2D eigenvalue weighted by atomic mass is 79.9. The van der Waals surface area contributed by atoms with Crippen LogP contribution in [-0.2, 0) is 0 Å². The topological polar surface area (TPSA) is 6.48 Å². The number of halogens is 1. The molecule has 106 valence electrons. The molecule has 0 aromatic heterocycles. The second-order valence-corrected chi connectivity index (χ2v) is 6.08. The highest BCUT2D eigenvalue weighted by molar-refractivity contribution is 9.10. The molecule has 0 heterocycles. The van der Waals surface area contributed by atoms with E-state index in [1.807, 2.05) is 6.07 Å². The fourth-order valence-corrected chi connectivity index (χ4v) is 2.68. The molecule has 0 amide bonds. The second-order valence-electron chi connectivity index (χ2n) is 5.22. The van der Waals surface area contributed by atoms with Gasteiger partial charge in [-0.2, -0.15) is 0 Å². The van der Waals surface area contributed by atoms with E-state index in [-0.39, 0.29) is 0 Å². The lowest BCUT2D eigenvalue weighted by molar-refractivity contribution is 0.416. The Kier molecular flexibility index (Phi) is 5.21. The minimum absolute atomic E-state index is 1.01. The van der Waals surface area contributed by atoms with Crippen LogP contribution in [0.4, 0.5) is 5.69 Å². The van der Waals surface area contributed by atoms with E-state index < -0.39 is 0 Å². The van der Waals surface area contributed by atoms with Gasteiger partial charge in [0.1, 0.15) is 0 Å². The van der Waals surface area contributed by atoms with Gasteiger partial charge in [-0.3, -0.25) is 0 Å². The van der Waals surface area contributed by atoms with Crippen LogP contribution in [0.25, 0.3) is 11.1 Å². The van der Waals surface area contributed by atoms with E-state index in [0.29, 0.717) is 0 Å². The van der Waals surface area contributed by atoms with Gasteiger partial charge < -0.3 is 9.80 Å². The van der Waals surface area contributed by atoms with Crippen molar-refractivity contribution in [3.63, 3.8) is 0 Å². The Labute approximate surface area is 130 Å². The molecule has 0 unspecified atom stereocenters. The van der Waals surface area contributed by atoms with E-state index in [4.69, 9.17) is 0 Å². The van der Waals surface area contributed by atoms with Crippen molar-refractivity contribution in [3.05, 3.63) is 53.0 Å². The average molecular weight is 333 g/mol. The van der Waals surface area contributed by atoms with Crippen molar-refractivity contribution in [2.45, 2.75) is 0 Å². The Morgan fingerprint density at radius 3 is 2.05 bits per heavy atom. The first-order chi connectivity index (χ1) is 9.59. The number of anilines is 1. The van der Waals surface area contributed by atoms with Crippen LogP contribution in [0.5, 0.6) is 0 Å². The van der Waals surface area contributed by atoms with Crippen LogP contribution in [0.1, 0.15) is 0 Å². The molecule has 0 aliphatic heterocycles. The van der Waals surface area contributed by atoms with Crippen LogP contribution in [0.3, 0.4) is 0 Å². The average Bonchev–Trinajstić information content (AvgIpc) is 2.45. The molecule has 0 spiro atoms. The third-order valence-electron chi connectivity index (χ3n) is 3.36. The molecule has 0 aliphatic carbocycles. The minimum atomic E-state index is 1.01. The molecule has 3 heteroatoms. The third kappa shape index (κ3) is 3.62. The molecule has 2 aromatic rings. The van der Waals surface area contributed by atoms with Gasteiger partial charge in [0, 0.05) is 35.9 Å². The molecule has 0 fully saturated rings. The van der Waals surface area contributed by atoms with E-state index in [9.17, 15) is 0 Å². The summed E-state index contributed by atoms with van der Waals surface area (Å²) >= 11 is 3.65. The zero-order valence-corrected chi connectivity index (χ0v) is 13.9. The Hall–Kier alpha value is -1.32. The molecule has 20 heavy (non-hydrogen) atoms. The lowest BCUT2D eigenvalue weighted by atomic mass is 10.0. The van der Waals surface area contributed by atoms with Crippen molar-refractivity contribution < 1.29 is 0 Å². The number of nitrogens with zero attached hydrogens (tertiary/aromatic N) is 2. The summed E-state index contributed by atoms with van der Waals surface area (Å²) in [6, 6.07) is 16.9. The van der Waals surface area contributed by atoms with Crippen molar-refractivity contribution in [1.29, 1.82) is 0 Å². The van der Waals surface area contributed by atoms with Gasteiger partial charge in [0.05, 0.1) is 0 Å². The minimum Gasteiger partial charge on any atom is -0.373 e. The maximum absolute atomic E-state index is 3.65. The number of hydrogen-bond acceptors (Lipinski definition) is 2. The van der Waals surface area contributed by atoms with E-state index in [0.717, 1.165) is 17.6 Å². The molecule has 0 saturated heterocycles. The molecule has 2 rings (SSSR count). The molecule has 2 aromatic carbocycles. The maximum Gasteiger partial charge on any atom is 0.0444 e. The van der Waals surface area contributed by atoms with Crippen molar-refractivity contribution >= 4 is 21.6 Å². The number of rotatable bonds is 5. The lowest BCUT2D eigenvalue weighted by Crippen LogP contribution is -2.28. The second kappa shape index (κ2) is 6.91. The van der Waals surface area contributed by atoms with Crippen LogP contribution in [-0.4, -0.2) is 39.1 Å². The molecule has 2 nitrogen and oxygen atoms in total. The highest BCUT2D eigenvalue weighted by Crippen LogP contribution is 2.34. The first kappa shape index (κ1) is 15.1. The molecular weight excluding hydrogens is 312 g/mol. The molecule has 0 aliphatic rings. The predicted molar refractivity (Wildman–Crippen MR) is 91.4 cm³/mol. The number of para-hydroxylation sites is 1. The van der Waals surface area contributed by atoms with Gasteiger partial charge in [-0.05, 0) is 31.8 Å². The van der Waals surface area contributed by atoms with Crippen molar-refractivity contribution in [1.82, 2.24) is 4.90 Å². The largest absolute Gasteiger partial charge is 0.373 e. The van der Waals surface area contributed by atoms with E-state index in [2.05, 4.69) is 89.3 Å². The van der Waals surface area contributed by atoms with Crippen molar-refractivity contribution in [2.24, 2.45) is 0 Å². The lowest BCUT2D eigenvalue weighted by Gasteiger charge is -2.24. The van der Waals surface area contributed by atoms with E-state index in [1.165, 1.54) is 16.8 Å². The molecule has 0 bridgehead atoms. The summed E-state index contributed by atoms with van der Waals surface area (Å²) < 4.78 is 1.13. The summed E-state index contributed by atoms with van der Waals surface area (Å²) in [5.41, 5.74) is 3.77. The van der Waals surface area contributed by atoms with Crippen LogP contribution >= 0.6 is 15.9 Å². The van der Waals surface area contributed by atoms with Crippen LogP contribution in [0.15, 0.2) is 53.0 Å². The third-order valence-corrected chi connectivity index (χ3v) is 4.05. The van der Waals surface area contributed by atoms with Gasteiger partial charge in [-0.25, -0.2) is 0 Å².